The Labute approximate surface area is 80.1 Å². The van der Waals surface area contributed by atoms with E-state index in [1.54, 1.807) is 5.56 Å². The van der Waals surface area contributed by atoms with E-state index in [0.29, 0.717) is 0 Å². The van der Waals surface area contributed by atoms with Gasteiger partial charge >= 0.3 is 0 Å². The van der Waals surface area contributed by atoms with Gasteiger partial charge in [0.25, 0.3) is 0 Å². The highest BCUT2D eigenvalue weighted by atomic mass is 15.5. The lowest BCUT2D eigenvalue weighted by Gasteiger charge is -2.21. The zero-order valence-corrected chi connectivity index (χ0v) is 8.80. The summed E-state index contributed by atoms with van der Waals surface area (Å²) in [7, 11) is 4.21. The molecule has 0 saturated carbocycles. The number of hydrogen-bond donors (Lipinski definition) is 0. The lowest BCUT2D eigenvalue weighted by atomic mass is 9.96. The number of aryl methyl sites for hydroxylation is 1. The molecular formula is C11H18N2. The number of nitrogens with zero attached hydrogens (tertiary/aromatic N) is 2. The average Bonchev–Trinajstić information content (AvgIpc) is 2.45. The van der Waals surface area contributed by atoms with Crippen LogP contribution in [0.15, 0.2) is 6.20 Å². The van der Waals surface area contributed by atoms with E-state index in [0.717, 1.165) is 0 Å². The van der Waals surface area contributed by atoms with Gasteiger partial charge in [0.1, 0.15) is 0 Å². The van der Waals surface area contributed by atoms with Crippen LogP contribution in [-0.2, 0) is 12.8 Å². The molecule has 1 aliphatic rings. The SMILES string of the molecule is Cc1cn(N(C)C)c2c1CCCC2. The van der Waals surface area contributed by atoms with E-state index in [1.807, 2.05) is 0 Å². The molecule has 0 amide bonds. The predicted octanol–water partition coefficient (Wildman–Crippen LogP) is 1.87. The van der Waals surface area contributed by atoms with Gasteiger partial charge in [-0.05, 0) is 43.7 Å². The van der Waals surface area contributed by atoms with Crippen LogP contribution < -0.4 is 5.01 Å². The van der Waals surface area contributed by atoms with Crippen molar-refractivity contribution in [2.24, 2.45) is 0 Å². The van der Waals surface area contributed by atoms with Crippen LogP contribution in [0.4, 0.5) is 0 Å². The minimum absolute atomic E-state index is 1.25. The molecule has 1 aromatic heterocycles. The molecule has 0 aliphatic heterocycles. The highest BCUT2D eigenvalue weighted by molar-refractivity contribution is 5.34. The normalized spacial score (nSPS) is 15.6. The Bertz CT molecular complexity index is 310. The van der Waals surface area contributed by atoms with Crippen LogP contribution in [0.25, 0.3) is 0 Å². The van der Waals surface area contributed by atoms with Gasteiger partial charge in [0.15, 0.2) is 0 Å². The van der Waals surface area contributed by atoms with Gasteiger partial charge in [-0.3, -0.25) is 4.68 Å². The molecular weight excluding hydrogens is 160 g/mol. The molecule has 0 bridgehead atoms. The molecule has 2 nitrogen and oxygen atoms in total. The maximum absolute atomic E-state index is 2.30. The van der Waals surface area contributed by atoms with Gasteiger partial charge in [-0.2, -0.15) is 0 Å². The number of fused-ring (bicyclic) bond motifs is 1. The Hall–Kier alpha value is -0.920. The Kier molecular flexibility index (Phi) is 2.06. The van der Waals surface area contributed by atoms with Gasteiger partial charge < -0.3 is 5.01 Å². The second-order valence-electron chi connectivity index (χ2n) is 4.14. The summed E-state index contributed by atoms with van der Waals surface area (Å²) in [6.45, 7) is 2.23. The Morgan fingerprint density at radius 1 is 1.23 bits per heavy atom. The van der Waals surface area contributed by atoms with Gasteiger partial charge in [0, 0.05) is 26.0 Å². The van der Waals surface area contributed by atoms with Gasteiger partial charge in [-0.25, -0.2) is 0 Å². The van der Waals surface area contributed by atoms with E-state index in [9.17, 15) is 0 Å². The molecule has 1 aliphatic carbocycles. The molecule has 0 aromatic carbocycles. The van der Waals surface area contributed by atoms with E-state index in [1.165, 1.54) is 36.9 Å². The first kappa shape index (κ1) is 8.67. The van der Waals surface area contributed by atoms with Gasteiger partial charge in [-0.1, -0.05) is 0 Å². The second kappa shape index (κ2) is 3.09. The third kappa shape index (κ3) is 1.34. The van der Waals surface area contributed by atoms with Crippen molar-refractivity contribution in [3.8, 4) is 0 Å². The van der Waals surface area contributed by atoms with Crippen LogP contribution in [0.3, 0.4) is 0 Å². The highest BCUT2D eigenvalue weighted by Gasteiger charge is 2.17. The topological polar surface area (TPSA) is 8.17 Å². The van der Waals surface area contributed by atoms with Crippen LogP contribution in [0, 0.1) is 6.92 Å². The molecule has 2 heteroatoms. The fourth-order valence-electron chi connectivity index (χ4n) is 2.26. The third-order valence-corrected chi connectivity index (χ3v) is 2.94. The quantitative estimate of drug-likeness (QED) is 0.637. The number of hydrogen-bond acceptors (Lipinski definition) is 1. The molecule has 0 atom stereocenters. The van der Waals surface area contributed by atoms with Gasteiger partial charge in [-0.15, -0.1) is 0 Å². The average molecular weight is 178 g/mol. The van der Waals surface area contributed by atoms with Crippen molar-refractivity contribution >= 4 is 0 Å². The standard InChI is InChI=1S/C11H18N2/c1-9-8-13(12(2)3)11-7-5-4-6-10(9)11/h8H,4-7H2,1-3H3. The van der Waals surface area contributed by atoms with Crippen molar-refractivity contribution < 1.29 is 0 Å². The first-order valence-corrected chi connectivity index (χ1v) is 5.07. The summed E-state index contributed by atoms with van der Waals surface area (Å²) in [5.41, 5.74) is 4.59. The van der Waals surface area contributed by atoms with Crippen molar-refractivity contribution in [1.29, 1.82) is 0 Å². The van der Waals surface area contributed by atoms with Crippen molar-refractivity contribution in [2.45, 2.75) is 32.6 Å². The van der Waals surface area contributed by atoms with Crippen molar-refractivity contribution in [3.63, 3.8) is 0 Å². The number of rotatable bonds is 1. The smallest absolute Gasteiger partial charge is 0.0430 e. The summed E-state index contributed by atoms with van der Waals surface area (Å²) in [5, 5.41) is 2.16. The summed E-state index contributed by atoms with van der Waals surface area (Å²) in [4.78, 5) is 0. The second-order valence-corrected chi connectivity index (χ2v) is 4.14. The van der Waals surface area contributed by atoms with E-state index in [4.69, 9.17) is 0 Å². The number of aromatic nitrogens is 1. The maximum atomic E-state index is 2.30. The third-order valence-electron chi connectivity index (χ3n) is 2.94. The summed E-state index contributed by atoms with van der Waals surface area (Å²) >= 11 is 0. The van der Waals surface area contributed by atoms with E-state index >= 15 is 0 Å². The lowest BCUT2D eigenvalue weighted by molar-refractivity contribution is 0.614. The van der Waals surface area contributed by atoms with E-state index in [-0.39, 0.29) is 0 Å². The molecule has 0 fully saturated rings. The fraction of sp³-hybridized carbons (Fsp3) is 0.636. The zero-order chi connectivity index (χ0) is 9.42. The predicted molar refractivity (Wildman–Crippen MR) is 55.9 cm³/mol. The maximum Gasteiger partial charge on any atom is 0.0430 e. The largest absolute Gasteiger partial charge is 0.319 e. The van der Waals surface area contributed by atoms with Gasteiger partial charge in [0.2, 0.25) is 0 Å². The summed E-state index contributed by atoms with van der Waals surface area (Å²) in [6.07, 6.45) is 7.51. The minimum atomic E-state index is 1.25. The molecule has 2 rings (SSSR count). The first-order chi connectivity index (χ1) is 6.20. The monoisotopic (exact) mass is 178 g/mol. The molecule has 0 radical (unpaired) electrons. The van der Waals surface area contributed by atoms with E-state index < -0.39 is 0 Å². The molecule has 0 spiro atoms. The lowest BCUT2D eigenvalue weighted by Crippen LogP contribution is -2.26. The van der Waals surface area contributed by atoms with Crippen LogP contribution in [0.2, 0.25) is 0 Å². The van der Waals surface area contributed by atoms with Crippen LogP contribution in [0.1, 0.15) is 29.7 Å². The zero-order valence-electron chi connectivity index (χ0n) is 8.80. The summed E-state index contributed by atoms with van der Waals surface area (Å²) < 4.78 is 2.30. The van der Waals surface area contributed by atoms with Crippen LogP contribution >= 0.6 is 0 Å². The molecule has 72 valence electrons. The molecule has 0 saturated heterocycles. The molecule has 0 N–H and O–H groups in total. The molecule has 13 heavy (non-hydrogen) atoms. The van der Waals surface area contributed by atoms with E-state index in [2.05, 4.69) is 36.9 Å². The van der Waals surface area contributed by atoms with Crippen LogP contribution in [0.5, 0.6) is 0 Å². The Morgan fingerprint density at radius 3 is 2.62 bits per heavy atom. The molecule has 0 unspecified atom stereocenters. The molecule has 1 aromatic rings. The first-order valence-electron chi connectivity index (χ1n) is 5.07. The molecule has 1 heterocycles. The fourth-order valence-corrected chi connectivity index (χ4v) is 2.26. The van der Waals surface area contributed by atoms with Crippen molar-refractivity contribution in [2.75, 3.05) is 19.1 Å². The highest BCUT2D eigenvalue weighted by Crippen LogP contribution is 2.25. The van der Waals surface area contributed by atoms with Crippen LogP contribution in [-0.4, -0.2) is 18.8 Å². The van der Waals surface area contributed by atoms with Crippen molar-refractivity contribution in [3.05, 3.63) is 23.0 Å². The minimum Gasteiger partial charge on any atom is -0.319 e. The summed E-state index contributed by atoms with van der Waals surface area (Å²) in [5.74, 6) is 0. The van der Waals surface area contributed by atoms with Crippen molar-refractivity contribution in [1.82, 2.24) is 4.68 Å². The Morgan fingerprint density at radius 2 is 1.92 bits per heavy atom. The Balaban J connectivity index is 2.47. The van der Waals surface area contributed by atoms with Gasteiger partial charge in [0.05, 0.1) is 0 Å². The summed E-state index contributed by atoms with van der Waals surface area (Å²) in [6, 6.07) is 0.